The number of carbonyl (C=O) groups is 1. The fraction of sp³-hybridized carbons (Fsp3) is 0.150. The maximum absolute atomic E-state index is 12.9. The Morgan fingerprint density at radius 1 is 1.23 bits per heavy atom. The van der Waals surface area contributed by atoms with E-state index in [-0.39, 0.29) is 17.5 Å². The van der Waals surface area contributed by atoms with Crippen molar-refractivity contribution < 1.29 is 9.18 Å². The van der Waals surface area contributed by atoms with Crippen molar-refractivity contribution in [2.75, 3.05) is 11.1 Å². The highest BCUT2D eigenvalue weighted by Gasteiger charge is 2.11. The number of halogens is 1. The van der Waals surface area contributed by atoms with E-state index in [0.717, 1.165) is 17.3 Å². The number of hydrogen-bond acceptors (Lipinski definition) is 4. The minimum atomic E-state index is -0.359. The molecule has 0 fully saturated rings. The summed E-state index contributed by atoms with van der Waals surface area (Å²) < 4.78 is 12.9. The molecule has 1 N–H and O–H groups in total. The highest BCUT2D eigenvalue weighted by atomic mass is 32.2. The van der Waals surface area contributed by atoms with Gasteiger partial charge in [-0.3, -0.25) is 4.79 Å². The maximum Gasteiger partial charge on any atom is 0.234 e. The molecule has 6 heteroatoms. The SMILES string of the molecule is CCc1ccc2nc(SCC(=O)Nc3ccc(F)cc3)c(C#N)cc2c1. The quantitative estimate of drug-likeness (QED) is 0.674. The lowest BCUT2D eigenvalue weighted by Gasteiger charge is -2.08. The molecule has 0 aliphatic heterocycles. The minimum absolute atomic E-state index is 0.109. The molecule has 3 rings (SSSR count). The first-order chi connectivity index (χ1) is 12.6. The normalized spacial score (nSPS) is 10.5. The van der Waals surface area contributed by atoms with Gasteiger partial charge >= 0.3 is 0 Å². The summed E-state index contributed by atoms with van der Waals surface area (Å²) in [4.78, 5) is 16.6. The van der Waals surface area contributed by atoms with Crippen molar-refractivity contribution in [3.63, 3.8) is 0 Å². The Hall–Kier alpha value is -2.91. The molecule has 1 heterocycles. The summed E-state index contributed by atoms with van der Waals surface area (Å²) in [6.45, 7) is 2.07. The van der Waals surface area contributed by atoms with Crippen LogP contribution in [0.4, 0.5) is 10.1 Å². The lowest BCUT2D eigenvalue weighted by atomic mass is 10.1. The Kier molecular flexibility index (Phi) is 5.49. The van der Waals surface area contributed by atoms with Gasteiger partial charge in [0.15, 0.2) is 0 Å². The van der Waals surface area contributed by atoms with E-state index in [9.17, 15) is 14.4 Å². The number of aryl methyl sites for hydroxylation is 1. The number of fused-ring (bicyclic) bond motifs is 1. The van der Waals surface area contributed by atoms with E-state index >= 15 is 0 Å². The number of amides is 1. The van der Waals surface area contributed by atoms with E-state index in [0.29, 0.717) is 16.3 Å². The Morgan fingerprint density at radius 2 is 2.00 bits per heavy atom. The van der Waals surface area contributed by atoms with Crippen LogP contribution in [0.15, 0.2) is 53.6 Å². The lowest BCUT2D eigenvalue weighted by molar-refractivity contribution is -0.113. The molecule has 0 saturated carbocycles. The van der Waals surface area contributed by atoms with E-state index in [1.165, 1.54) is 41.6 Å². The molecule has 0 aliphatic carbocycles. The van der Waals surface area contributed by atoms with Crippen LogP contribution in [-0.4, -0.2) is 16.6 Å². The van der Waals surface area contributed by atoms with Crippen LogP contribution in [0.2, 0.25) is 0 Å². The lowest BCUT2D eigenvalue weighted by Crippen LogP contribution is -2.14. The van der Waals surface area contributed by atoms with Crippen LogP contribution in [0, 0.1) is 17.1 Å². The van der Waals surface area contributed by atoms with E-state index in [4.69, 9.17) is 0 Å². The minimum Gasteiger partial charge on any atom is -0.325 e. The molecule has 26 heavy (non-hydrogen) atoms. The molecule has 1 amide bonds. The van der Waals surface area contributed by atoms with E-state index < -0.39 is 0 Å². The Labute approximate surface area is 155 Å². The molecule has 4 nitrogen and oxygen atoms in total. The summed E-state index contributed by atoms with van der Waals surface area (Å²) in [5.41, 5.74) is 2.95. The van der Waals surface area contributed by atoms with Crippen LogP contribution in [0.3, 0.4) is 0 Å². The summed E-state index contributed by atoms with van der Waals surface area (Å²) in [7, 11) is 0. The molecule has 0 unspecified atom stereocenters. The predicted octanol–water partition coefficient (Wildman–Crippen LogP) is 4.54. The van der Waals surface area contributed by atoms with Gasteiger partial charge in [-0.15, -0.1) is 0 Å². The molecule has 0 bridgehead atoms. The number of pyridine rings is 1. The van der Waals surface area contributed by atoms with Crippen molar-refractivity contribution in [1.82, 2.24) is 4.98 Å². The predicted molar refractivity (Wildman–Crippen MR) is 102 cm³/mol. The molecule has 0 saturated heterocycles. The third kappa shape index (κ3) is 4.19. The van der Waals surface area contributed by atoms with Gasteiger partial charge < -0.3 is 5.32 Å². The third-order valence-electron chi connectivity index (χ3n) is 3.84. The fourth-order valence-corrected chi connectivity index (χ4v) is 3.25. The molecule has 1 aromatic heterocycles. The van der Waals surface area contributed by atoms with E-state index in [1.54, 1.807) is 0 Å². The van der Waals surface area contributed by atoms with Crippen molar-refractivity contribution in [3.8, 4) is 6.07 Å². The van der Waals surface area contributed by atoms with Crippen molar-refractivity contribution in [2.45, 2.75) is 18.4 Å². The standard InChI is InChI=1S/C20H16FN3OS/c1-2-13-3-8-18-14(9-13)10-15(11-22)20(24-18)26-12-19(25)23-17-6-4-16(21)5-7-17/h3-10H,2,12H2,1H3,(H,23,25). The van der Waals surface area contributed by atoms with Crippen molar-refractivity contribution in [1.29, 1.82) is 5.26 Å². The van der Waals surface area contributed by atoms with Crippen LogP contribution in [0.25, 0.3) is 10.9 Å². The molecular formula is C20H16FN3OS. The first kappa shape index (κ1) is 17.9. The highest BCUT2D eigenvalue weighted by molar-refractivity contribution is 8.00. The first-order valence-corrected chi connectivity index (χ1v) is 9.09. The van der Waals surface area contributed by atoms with Crippen molar-refractivity contribution in [2.24, 2.45) is 0 Å². The summed E-state index contributed by atoms with van der Waals surface area (Å²) >= 11 is 1.21. The van der Waals surface area contributed by atoms with Gasteiger partial charge in [-0.2, -0.15) is 5.26 Å². The second-order valence-electron chi connectivity index (χ2n) is 5.68. The van der Waals surface area contributed by atoms with Crippen molar-refractivity contribution in [3.05, 3.63) is 65.5 Å². The summed E-state index contributed by atoms with van der Waals surface area (Å²) in [5, 5.41) is 13.5. The maximum atomic E-state index is 12.9. The Balaban J connectivity index is 1.74. The number of carbonyl (C=O) groups excluding carboxylic acids is 1. The van der Waals surface area contributed by atoms with Crippen LogP contribution < -0.4 is 5.32 Å². The third-order valence-corrected chi connectivity index (χ3v) is 4.83. The van der Waals surface area contributed by atoms with Crippen molar-refractivity contribution >= 4 is 34.3 Å². The number of anilines is 1. The second kappa shape index (κ2) is 7.98. The fourth-order valence-electron chi connectivity index (χ4n) is 2.48. The van der Waals surface area contributed by atoms with Gasteiger partial charge in [-0.25, -0.2) is 9.37 Å². The summed E-state index contributed by atoms with van der Waals surface area (Å²) in [5.74, 6) is -0.492. The Morgan fingerprint density at radius 3 is 2.69 bits per heavy atom. The van der Waals surface area contributed by atoms with E-state index in [1.807, 2.05) is 24.3 Å². The van der Waals surface area contributed by atoms with Gasteiger partial charge in [-0.1, -0.05) is 24.8 Å². The number of hydrogen-bond donors (Lipinski definition) is 1. The van der Waals surface area contributed by atoms with Gasteiger partial charge in [0.05, 0.1) is 16.8 Å². The van der Waals surface area contributed by atoms with Gasteiger partial charge in [0.25, 0.3) is 0 Å². The molecule has 0 aliphatic rings. The number of nitriles is 1. The topological polar surface area (TPSA) is 65.8 Å². The zero-order valence-corrected chi connectivity index (χ0v) is 14.9. The zero-order valence-electron chi connectivity index (χ0n) is 14.1. The smallest absolute Gasteiger partial charge is 0.234 e. The molecule has 0 radical (unpaired) electrons. The van der Waals surface area contributed by atoms with Crippen LogP contribution in [0.5, 0.6) is 0 Å². The number of aromatic nitrogens is 1. The number of thioether (sulfide) groups is 1. The van der Waals surface area contributed by atoms with Crippen LogP contribution in [-0.2, 0) is 11.2 Å². The summed E-state index contributed by atoms with van der Waals surface area (Å²) in [6, 6.07) is 15.5. The molecule has 2 aromatic carbocycles. The van der Waals surface area contributed by atoms with Gasteiger partial charge in [0.2, 0.25) is 5.91 Å². The van der Waals surface area contributed by atoms with Gasteiger partial charge in [-0.05, 0) is 54.4 Å². The van der Waals surface area contributed by atoms with Crippen LogP contribution >= 0.6 is 11.8 Å². The monoisotopic (exact) mass is 365 g/mol. The number of nitrogens with one attached hydrogen (secondary N) is 1. The number of nitrogens with zero attached hydrogens (tertiary/aromatic N) is 2. The molecule has 3 aromatic rings. The number of benzene rings is 2. The van der Waals surface area contributed by atoms with Gasteiger partial charge in [0, 0.05) is 11.1 Å². The summed E-state index contributed by atoms with van der Waals surface area (Å²) in [6.07, 6.45) is 0.915. The van der Waals surface area contributed by atoms with E-state index in [2.05, 4.69) is 23.3 Å². The van der Waals surface area contributed by atoms with Gasteiger partial charge in [0.1, 0.15) is 16.9 Å². The number of rotatable bonds is 5. The molecule has 0 spiro atoms. The largest absolute Gasteiger partial charge is 0.325 e. The average Bonchev–Trinajstić information content (AvgIpc) is 2.66. The zero-order chi connectivity index (χ0) is 18.5. The Bertz CT molecular complexity index is 996. The van der Waals surface area contributed by atoms with Crippen LogP contribution in [0.1, 0.15) is 18.1 Å². The molecule has 130 valence electrons. The highest BCUT2D eigenvalue weighted by Crippen LogP contribution is 2.25. The molecule has 0 atom stereocenters. The molecular weight excluding hydrogens is 349 g/mol. The first-order valence-electron chi connectivity index (χ1n) is 8.11. The second-order valence-corrected chi connectivity index (χ2v) is 6.64. The average molecular weight is 365 g/mol.